The Morgan fingerprint density at radius 1 is 0.257 bits per heavy atom. The number of carbonyl (C=O) groups excluding carboxylic acids is 4. The first kappa shape index (κ1) is 140. The quantitative estimate of drug-likeness (QED) is 0.0281. The van der Waals surface area contributed by atoms with Crippen LogP contribution >= 0.6 is 0 Å². The summed E-state index contributed by atoms with van der Waals surface area (Å²) in [5.74, 6) is 0.162. The zero-order valence-corrected chi connectivity index (χ0v) is 92.2. The summed E-state index contributed by atoms with van der Waals surface area (Å²) < 4.78 is 22.6. The van der Waals surface area contributed by atoms with Crippen LogP contribution in [0.5, 0.6) is 0 Å². The van der Waals surface area contributed by atoms with E-state index in [0.29, 0.717) is 65.6 Å². The largest absolute Gasteiger partial charge is 0.396 e. The van der Waals surface area contributed by atoms with E-state index in [0.717, 1.165) is 110 Å². The number of aryl methyl sites for hydroxylation is 1. The van der Waals surface area contributed by atoms with Crippen LogP contribution in [0.1, 0.15) is 517 Å². The third kappa shape index (κ3) is 134. The minimum absolute atomic E-state index is 0.0266. The van der Waals surface area contributed by atoms with Crippen molar-refractivity contribution in [3.05, 3.63) is 66.2 Å². The van der Waals surface area contributed by atoms with Crippen molar-refractivity contribution in [2.75, 3.05) is 151 Å². The molecule has 4 amide bonds. The van der Waals surface area contributed by atoms with Crippen molar-refractivity contribution in [1.29, 1.82) is 0 Å². The van der Waals surface area contributed by atoms with E-state index in [1.54, 1.807) is 7.05 Å². The van der Waals surface area contributed by atoms with Crippen LogP contribution < -0.4 is 42.1 Å². The van der Waals surface area contributed by atoms with Gasteiger partial charge in [-0.15, -0.1) is 0 Å². The number of aliphatic hydroxyl groups excluding tert-OH is 2. The van der Waals surface area contributed by atoms with Gasteiger partial charge >= 0.3 is 0 Å². The minimum atomic E-state index is -0.0266. The van der Waals surface area contributed by atoms with E-state index in [-0.39, 0.29) is 36.8 Å². The molecule has 18 nitrogen and oxygen atoms in total. The molecule has 0 radical (unpaired) electrons. The van der Waals surface area contributed by atoms with E-state index in [2.05, 4.69) is 110 Å². The van der Waals surface area contributed by atoms with Gasteiger partial charge in [0.05, 0.1) is 32.8 Å². The summed E-state index contributed by atoms with van der Waals surface area (Å²) in [5.41, 5.74) is 2.47. The molecule has 0 aromatic heterocycles. The smallest absolute Gasteiger partial charge is 0.239 e. The first-order chi connectivity index (χ1) is 66.9. The predicted octanol–water partition coefficient (Wildman–Crippen LogP) is 29.7. The topological polar surface area (TPSA) is 233 Å². The van der Waals surface area contributed by atoms with Gasteiger partial charge in [0.2, 0.25) is 23.6 Å². The summed E-state index contributed by atoms with van der Waals surface area (Å²) in [4.78, 5) is 48.0. The maximum absolute atomic E-state index is 12.0. The van der Waals surface area contributed by atoms with Gasteiger partial charge in [-0.25, -0.2) is 0 Å². The second-order valence-electron chi connectivity index (χ2n) is 38.1. The monoisotopic (exact) mass is 1920 g/mol. The normalized spacial score (nSPS) is 10.7. The van der Waals surface area contributed by atoms with Crippen molar-refractivity contribution >= 4 is 29.3 Å². The molecule has 0 aliphatic heterocycles. The summed E-state index contributed by atoms with van der Waals surface area (Å²) in [6.45, 7) is 31.7. The number of amides is 4. The fourth-order valence-electron chi connectivity index (χ4n) is 15.7. The second-order valence-corrected chi connectivity index (χ2v) is 38.1. The van der Waals surface area contributed by atoms with Crippen LogP contribution in [0.4, 0.5) is 5.69 Å². The SMILES string of the molecule is CCC.CCCCCCCCCCCCCCCCCCOCCCNC(=O)CN(C)c1ccccc1.CCCCCCCCCCCCCCCCCCOCCCNC(=O)CNC.CCCCCCCCCCCCCCCCCCOCCCNC(=O)CNCC.CCCCCCCCCCCCCCCCCCOCCCNC(=O)CNCCO.CCCO.CCc1ccccc1. The maximum Gasteiger partial charge on any atom is 0.239 e. The molecule has 0 heterocycles. The first-order valence-electron chi connectivity index (χ1n) is 58.4. The molecular weight excluding hydrogens is 1690 g/mol. The highest BCUT2D eigenvalue weighted by molar-refractivity contribution is 5.81. The molecule has 0 fully saturated rings. The summed E-state index contributed by atoms with van der Waals surface area (Å²) >= 11 is 0. The summed E-state index contributed by atoms with van der Waals surface area (Å²) in [5, 5.41) is 36.8. The highest BCUT2D eigenvalue weighted by atomic mass is 16.5. The lowest BCUT2D eigenvalue weighted by molar-refractivity contribution is -0.121. The van der Waals surface area contributed by atoms with Crippen molar-refractivity contribution in [1.82, 2.24) is 37.2 Å². The van der Waals surface area contributed by atoms with Crippen LogP contribution in [-0.4, -0.2) is 179 Å². The van der Waals surface area contributed by atoms with Gasteiger partial charge in [0.15, 0.2) is 0 Å². The number of carbonyl (C=O) groups is 4. The van der Waals surface area contributed by atoms with Crippen molar-refractivity contribution in [2.24, 2.45) is 0 Å². The zero-order valence-electron chi connectivity index (χ0n) is 92.2. The number of hydrogen-bond acceptors (Lipinski definition) is 14. The number of para-hydroxylation sites is 1. The van der Waals surface area contributed by atoms with Gasteiger partial charge in [-0.1, -0.05) is 503 Å². The van der Waals surface area contributed by atoms with E-state index in [1.807, 2.05) is 62.2 Å². The second kappa shape index (κ2) is 133. The molecular formula is C118H234N8O10. The predicted molar refractivity (Wildman–Crippen MR) is 593 cm³/mol. The number of aliphatic hydroxyl groups is 2. The van der Waals surface area contributed by atoms with Crippen molar-refractivity contribution in [3.8, 4) is 0 Å². The fraction of sp³-hybridized carbons (Fsp3) is 0.864. The van der Waals surface area contributed by atoms with Crippen LogP contribution in [0, 0.1) is 0 Å². The van der Waals surface area contributed by atoms with E-state index in [9.17, 15) is 19.2 Å². The highest BCUT2D eigenvalue weighted by Gasteiger charge is 2.09. The highest BCUT2D eigenvalue weighted by Crippen LogP contribution is 2.20. The van der Waals surface area contributed by atoms with Gasteiger partial charge < -0.3 is 71.3 Å². The molecule has 9 N–H and O–H groups in total. The molecule has 0 atom stereocenters. The Labute approximate surface area is 845 Å². The fourth-order valence-corrected chi connectivity index (χ4v) is 15.7. The molecule has 2 aromatic rings. The minimum Gasteiger partial charge on any atom is -0.396 e. The van der Waals surface area contributed by atoms with E-state index < -0.39 is 0 Å². The van der Waals surface area contributed by atoms with Crippen molar-refractivity contribution in [2.45, 2.75) is 518 Å². The van der Waals surface area contributed by atoms with E-state index in [1.165, 1.54) is 410 Å². The van der Waals surface area contributed by atoms with Gasteiger partial charge in [-0.3, -0.25) is 19.2 Å². The number of nitrogens with zero attached hydrogens (tertiary/aromatic N) is 1. The number of anilines is 1. The lowest BCUT2D eigenvalue weighted by Crippen LogP contribution is -2.35. The molecule has 2 rings (SSSR count). The summed E-state index contributed by atoms with van der Waals surface area (Å²) in [7, 11) is 3.72. The molecule has 0 spiro atoms. The Hall–Kier alpha value is -4.24. The van der Waals surface area contributed by atoms with Gasteiger partial charge in [0.25, 0.3) is 0 Å². The lowest BCUT2D eigenvalue weighted by Gasteiger charge is -2.18. The molecule has 0 saturated heterocycles. The lowest BCUT2D eigenvalue weighted by atomic mass is 10.0. The number of nitrogens with one attached hydrogen (secondary N) is 7. The molecule has 0 saturated carbocycles. The average molecular weight is 1930 g/mol. The third-order valence-corrected chi connectivity index (χ3v) is 24.2. The van der Waals surface area contributed by atoms with E-state index >= 15 is 0 Å². The van der Waals surface area contributed by atoms with Gasteiger partial charge in [-0.05, 0) is 95.5 Å². The number of likely N-dealkylation sites (N-methyl/N-ethyl adjacent to an activating group) is 3. The third-order valence-electron chi connectivity index (χ3n) is 24.2. The van der Waals surface area contributed by atoms with Crippen LogP contribution in [0.15, 0.2) is 60.7 Å². The Bertz CT molecular complexity index is 2480. The standard InChI is InChI=1S/C30H54N2O2.C25H52N2O3.C25H52N2O2.C24H50N2O2.C8H10.C3H8O.C3H8/c1-3-4-5-6-7-8-9-10-11-12-13-14-15-16-17-21-26-34-27-22-25-31-30(33)28-32(2)29-23-19-18-20-24-29;1-2-3-4-5-6-7-8-9-10-11-12-13-14-15-16-17-22-30-23-18-19-27-25(29)24-26-20-21-28;1-3-5-6-7-8-9-10-11-12-13-14-15-16-17-18-19-22-29-23-20-21-27-25(28)24-26-4-2;1-3-4-5-6-7-8-9-10-11-12-13-14-15-16-17-18-21-28-22-19-20-26-24(27)23-25-2;1-2-8-6-4-3-5-7-8;1-2-3-4;1-3-2/h18-20,23-24H,3-17,21-22,25-28H2,1-2H3,(H,31,33);26,28H,2-24H2,1H3,(H,27,29);26H,3-24H2,1-2H3,(H,27,28);25H,3-23H2,1-2H3,(H,26,27);3-7H,2H2,1H3;4H,2-3H2,1H3;3H2,1-2H3. The maximum atomic E-state index is 12.0. The number of ether oxygens (including phenoxy) is 4. The molecule has 136 heavy (non-hydrogen) atoms. The average Bonchev–Trinajstić information content (AvgIpc) is 0.906. The van der Waals surface area contributed by atoms with Crippen LogP contribution in [-0.2, 0) is 44.5 Å². The number of hydrogen-bond donors (Lipinski definition) is 9. The molecule has 2 aromatic carbocycles. The number of benzene rings is 2. The van der Waals surface area contributed by atoms with Crippen LogP contribution in [0.25, 0.3) is 0 Å². The Kier molecular flexibility index (Phi) is 137. The molecule has 18 heteroatoms. The van der Waals surface area contributed by atoms with Crippen LogP contribution in [0.3, 0.4) is 0 Å². The Balaban J connectivity index is -0.000000532. The van der Waals surface area contributed by atoms with Crippen molar-refractivity contribution in [3.63, 3.8) is 0 Å². The Morgan fingerprint density at radius 2 is 0.471 bits per heavy atom. The van der Waals surface area contributed by atoms with E-state index in [4.69, 9.17) is 29.2 Å². The van der Waals surface area contributed by atoms with Crippen LogP contribution in [0.2, 0.25) is 0 Å². The summed E-state index contributed by atoms with van der Waals surface area (Å²) in [6, 6.07) is 20.4. The molecule has 0 aliphatic rings. The molecule has 0 aliphatic carbocycles. The van der Waals surface area contributed by atoms with Gasteiger partial charge in [0.1, 0.15) is 0 Å². The molecule has 806 valence electrons. The molecule has 0 unspecified atom stereocenters. The first-order valence-corrected chi connectivity index (χ1v) is 58.4. The van der Waals surface area contributed by atoms with Gasteiger partial charge in [0, 0.05) is 105 Å². The Morgan fingerprint density at radius 3 is 0.684 bits per heavy atom. The molecule has 0 bridgehead atoms. The van der Waals surface area contributed by atoms with Gasteiger partial charge in [-0.2, -0.15) is 0 Å². The van der Waals surface area contributed by atoms with Crippen molar-refractivity contribution < 1.29 is 48.3 Å². The number of unbranched alkanes of at least 4 members (excludes halogenated alkanes) is 60. The zero-order chi connectivity index (χ0) is 100. The number of rotatable bonds is 98. The summed E-state index contributed by atoms with van der Waals surface area (Å²) in [6.07, 6.45) is 96.1.